The molecule has 4 nitrogen and oxygen atoms in total. The average Bonchev–Trinajstić information content (AvgIpc) is 2.50. The highest BCUT2D eigenvalue weighted by Gasteiger charge is 2.08. The Morgan fingerprint density at radius 3 is 2.57 bits per heavy atom. The van der Waals surface area contributed by atoms with Crippen LogP contribution >= 0.6 is 11.6 Å². The normalized spacial score (nSPS) is 10.4. The first-order valence-electron chi connectivity index (χ1n) is 6.20. The van der Waals surface area contributed by atoms with Gasteiger partial charge in [-0.05, 0) is 24.3 Å². The lowest BCUT2D eigenvalue weighted by atomic mass is 10.3. The predicted molar refractivity (Wildman–Crippen MR) is 80.0 cm³/mol. The summed E-state index contributed by atoms with van der Waals surface area (Å²) in [5, 5.41) is 3.14. The highest BCUT2D eigenvalue weighted by Crippen LogP contribution is 2.22. The first kappa shape index (κ1) is 13.5. The molecule has 0 aliphatic rings. The van der Waals surface area contributed by atoms with E-state index in [1.54, 1.807) is 36.5 Å². The summed E-state index contributed by atoms with van der Waals surface area (Å²) in [6, 6.07) is 13.3. The molecule has 0 aliphatic heterocycles. The maximum atomic E-state index is 13.6. The van der Waals surface area contributed by atoms with E-state index in [4.69, 9.17) is 11.6 Å². The summed E-state index contributed by atoms with van der Waals surface area (Å²) in [7, 11) is 0. The van der Waals surface area contributed by atoms with Crippen LogP contribution in [0.25, 0.3) is 11.5 Å². The van der Waals surface area contributed by atoms with Gasteiger partial charge in [0.2, 0.25) is 0 Å². The molecule has 2 aromatic heterocycles. The van der Waals surface area contributed by atoms with Crippen LogP contribution in [0.1, 0.15) is 0 Å². The number of halogens is 2. The van der Waals surface area contributed by atoms with Gasteiger partial charge in [0.05, 0.1) is 5.69 Å². The molecule has 0 fully saturated rings. The molecule has 0 spiro atoms. The van der Waals surface area contributed by atoms with Gasteiger partial charge in [-0.15, -0.1) is 0 Å². The van der Waals surface area contributed by atoms with Gasteiger partial charge in [-0.3, -0.25) is 4.98 Å². The van der Waals surface area contributed by atoms with Crippen LogP contribution in [0.2, 0.25) is 5.15 Å². The minimum atomic E-state index is -0.369. The first-order chi connectivity index (χ1) is 10.2. The summed E-state index contributed by atoms with van der Waals surface area (Å²) in [5.74, 6) is 0.411. The summed E-state index contributed by atoms with van der Waals surface area (Å²) < 4.78 is 13.6. The van der Waals surface area contributed by atoms with Gasteiger partial charge < -0.3 is 5.32 Å². The van der Waals surface area contributed by atoms with E-state index in [9.17, 15) is 4.39 Å². The Hall–Kier alpha value is -2.53. The second kappa shape index (κ2) is 5.85. The zero-order valence-electron chi connectivity index (χ0n) is 10.8. The molecule has 0 saturated carbocycles. The number of hydrogen-bond donors (Lipinski definition) is 1. The first-order valence-corrected chi connectivity index (χ1v) is 6.58. The van der Waals surface area contributed by atoms with E-state index < -0.39 is 0 Å². The number of aromatic nitrogens is 3. The molecule has 1 aromatic carbocycles. The van der Waals surface area contributed by atoms with E-state index in [1.165, 1.54) is 12.1 Å². The number of nitrogens with zero attached hydrogens (tertiary/aromatic N) is 3. The maximum Gasteiger partial charge on any atom is 0.181 e. The molecule has 0 atom stereocenters. The van der Waals surface area contributed by atoms with Crippen molar-refractivity contribution >= 4 is 23.1 Å². The van der Waals surface area contributed by atoms with Gasteiger partial charge in [-0.2, -0.15) is 0 Å². The lowest BCUT2D eigenvalue weighted by Crippen LogP contribution is -2.00. The average molecular weight is 301 g/mol. The van der Waals surface area contributed by atoms with Crippen molar-refractivity contribution in [3.05, 3.63) is 65.7 Å². The van der Waals surface area contributed by atoms with Crippen molar-refractivity contribution in [2.24, 2.45) is 0 Å². The van der Waals surface area contributed by atoms with Gasteiger partial charge in [-0.25, -0.2) is 14.4 Å². The zero-order valence-corrected chi connectivity index (χ0v) is 11.5. The van der Waals surface area contributed by atoms with E-state index in [0.29, 0.717) is 23.0 Å². The number of rotatable bonds is 3. The number of anilines is 2. The fourth-order valence-corrected chi connectivity index (χ4v) is 1.98. The Kier molecular flexibility index (Phi) is 3.75. The van der Waals surface area contributed by atoms with E-state index in [2.05, 4.69) is 20.3 Å². The molecule has 0 saturated heterocycles. The molecule has 104 valence electrons. The van der Waals surface area contributed by atoms with E-state index in [0.717, 1.165) is 0 Å². The minimum absolute atomic E-state index is 0.254. The molecule has 0 unspecified atom stereocenters. The summed E-state index contributed by atoms with van der Waals surface area (Å²) in [6.07, 6.45) is 1.64. The van der Waals surface area contributed by atoms with Crippen LogP contribution in [-0.4, -0.2) is 15.0 Å². The molecule has 0 aliphatic carbocycles. The van der Waals surface area contributed by atoms with Crippen LogP contribution < -0.4 is 5.32 Å². The van der Waals surface area contributed by atoms with Crippen LogP contribution in [0.3, 0.4) is 0 Å². The number of hydrogen-bond acceptors (Lipinski definition) is 4. The Labute approximate surface area is 125 Å². The fourth-order valence-electron chi connectivity index (χ4n) is 1.79. The number of benzene rings is 1. The van der Waals surface area contributed by atoms with Gasteiger partial charge >= 0.3 is 0 Å². The zero-order chi connectivity index (χ0) is 14.7. The second-order valence-electron chi connectivity index (χ2n) is 4.22. The van der Waals surface area contributed by atoms with Crippen molar-refractivity contribution in [2.75, 3.05) is 5.32 Å². The van der Waals surface area contributed by atoms with Crippen LogP contribution in [0, 0.1) is 5.82 Å². The molecule has 0 amide bonds. The number of nitrogens with one attached hydrogen (secondary N) is 1. The van der Waals surface area contributed by atoms with E-state index in [1.807, 2.05) is 6.07 Å². The van der Waals surface area contributed by atoms with Crippen LogP contribution in [0.5, 0.6) is 0 Å². The molecule has 2 heterocycles. The van der Waals surface area contributed by atoms with Gasteiger partial charge in [0, 0.05) is 12.3 Å². The third-order valence-electron chi connectivity index (χ3n) is 2.73. The highest BCUT2D eigenvalue weighted by molar-refractivity contribution is 6.29. The topological polar surface area (TPSA) is 50.7 Å². The standard InChI is InChI=1S/C15H10ClFN4/c16-13-9-14(19-11-6-2-1-5-10(11)17)21-15(20-13)12-7-3-4-8-18-12/h1-9H,(H,19,20,21). The molecule has 3 rings (SSSR count). The monoisotopic (exact) mass is 300 g/mol. The van der Waals surface area contributed by atoms with E-state index >= 15 is 0 Å². The minimum Gasteiger partial charge on any atom is -0.338 e. The SMILES string of the molecule is Fc1ccccc1Nc1cc(Cl)nc(-c2ccccn2)n1. The van der Waals surface area contributed by atoms with Crippen molar-refractivity contribution in [3.8, 4) is 11.5 Å². The second-order valence-corrected chi connectivity index (χ2v) is 4.61. The van der Waals surface area contributed by atoms with Crippen LogP contribution in [0.15, 0.2) is 54.7 Å². The molecule has 3 aromatic rings. The summed E-state index contributed by atoms with van der Waals surface area (Å²) in [4.78, 5) is 12.6. The predicted octanol–water partition coefficient (Wildman–Crippen LogP) is 4.07. The summed E-state index contributed by atoms with van der Waals surface area (Å²) in [5.41, 5.74) is 0.913. The molecular weight excluding hydrogens is 291 g/mol. The fraction of sp³-hybridized carbons (Fsp3) is 0. The number of pyridine rings is 1. The molecule has 0 radical (unpaired) electrons. The third-order valence-corrected chi connectivity index (χ3v) is 2.92. The van der Waals surface area contributed by atoms with Crippen molar-refractivity contribution < 1.29 is 4.39 Å². The Morgan fingerprint density at radius 2 is 1.81 bits per heavy atom. The quantitative estimate of drug-likeness (QED) is 0.741. The molecule has 0 bridgehead atoms. The van der Waals surface area contributed by atoms with Crippen LogP contribution in [-0.2, 0) is 0 Å². The van der Waals surface area contributed by atoms with Gasteiger partial charge in [0.1, 0.15) is 22.5 Å². The molecule has 6 heteroatoms. The van der Waals surface area contributed by atoms with Crippen molar-refractivity contribution in [1.29, 1.82) is 0 Å². The largest absolute Gasteiger partial charge is 0.338 e. The third kappa shape index (κ3) is 3.14. The van der Waals surface area contributed by atoms with Gasteiger partial charge in [0.15, 0.2) is 5.82 Å². The van der Waals surface area contributed by atoms with Gasteiger partial charge in [0.25, 0.3) is 0 Å². The Morgan fingerprint density at radius 1 is 1.00 bits per heavy atom. The summed E-state index contributed by atoms with van der Waals surface area (Å²) >= 11 is 5.99. The van der Waals surface area contributed by atoms with Crippen molar-refractivity contribution in [1.82, 2.24) is 15.0 Å². The number of para-hydroxylation sites is 1. The molecule has 1 N–H and O–H groups in total. The lowest BCUT2D eigenvalue weighted by Gasteiger charge is -2.08. The Balaban J connectivity index is 1.97. The highest BCUT2D eigenvalue weighted by atomic mass is 35.5. The van der Waals surface area contributed by atoms with Crippen LogP contribution in [0.4, 0.5) is 15.9 Å². The maximum absolute atomic E-state index is 13.6. The lowest BCUT2D eigenvalue weighted by molar-refractivity contribution is 0.632. The smallest absolute Gasteiger partial charge is 0.181 e. The molecular formula is C15H10ClFN4. The van der Waals surface area contributed by atoms with Gasteiger partial charge in [-0.1, -0.05) is 29.8 Å². The van der Waals surface area contributed by atoms with E-state index in [-0.39, 0.29) is 11.0 Å². The van der Waals surface area contributed by atoms with Crippen molar-refractivity contribution in [2.45, 2.75) is 0 Å². The van der Waals surface area contributed by atoms with Crippen molar-refractivity contribution in [3.63, 3.8) is 0 Å². The summed E-state index contributed by atoms with van der Waals surface area (Å²) in [6.45, 7) is 0. The molecule has 21 heavy (non-hydrogen) atoms. The Bertz CT molecular complexity index is 765.